The Bertz CT molecular complexity index is 333. The molecule has 1 aromatic rings. The van der Waals surface area contributed by atoms with Gasteiger partial charge in [0.15, 0.2) is 0 Å². The summed E-state index contributed by atoms with van der Waals surface area (Å²) in [6.07, 6.45) is 2.16. The van der Waals surface area contributed by atoms with Crippen LogP contribution in [0, 0.1) is 5.92 Å². The first-order chi connectivity index (χ1) is 8.72. The van der Waals surface area contributed by atoms with E-state index in [2.05, 4.69) is 28.2 Å². The molecule has 2 N–H and O–H groups in total. The van der Waals surface area contributed by atoms with Gasteiger partial charge in [-0.05, 0) is 43.5 Å². The van der Waals surface area contributed by atoms with Crippen LogP contribution < -0.4 is 10.1 Å². The van der Waals surface area contributed by atoms with Crippen molar-refractivity contribution in [3.8, 4) is 5.75 Å². The van der Waals surface area contributed by atoms with Gasteiger partial charge in [0.05, 0.1) is 0 Å². The molecule has 102 valence electrons. The van der Waals surface area contributed by atoms with Gasteiger partial charge in [-0.1, -0.05) is 28.9 Å². The fourth-order valence-corrected chi connectivity index (χ4v) is 1.97. The lowest BCUT2D eigenvalue weighted by molar-refractivity contribution is 0.227. The zero-order valence-electron chi connectivity index (χ0n) is 10.9. The van der Waals surface area contributed by atoms with Crippen molar-refractivity contribution in [2.45, 2.75) is 19.8 Å². The van der Waals surface area contributed by atoms with E-state index in [0.717, 1.165) is 36.2 Å². The molecule has 0 saturated heterocycles. The highest BCUT2D eigenvalue weighted by Gasteiger charge is 1.99. The van der Waals surface area contributed by atoms with Crippen molar-refractivity contribution >= 4 is 15.9 Å². The average molecular weight is 316 g/mol. The van der Waals surface area contributed by atoms with Crippen LogP contribution in [0.4, 0.5) is 0 Å². The number of aliphatic hydroxyl groups excluding tert-OH is 1. The number of nitrogens with one attached hydrogen (secondary N) is 1. The van der Waals surface area contributed by atoms with Crippen LogP contribution in [-0.2, 0) is 0 Å². The van der Waals surface area contributed by atoms with Gasteiger partial charge in [-0.2, -0.15) is 0 Å². The van der Waals surface area contributed by atoms with E-state index in [1.807, 2.05) is 24.3 Å². The first kappa shape index (κ1) is 15.5. The Morgan fingerprint density at radius 3 is 2.94 bits per heavy atom. The monoisotopic (exact) mass is 315 g/mol. The second kappa shape index (κ2) is 9.36. The first-order valence-electron chi connectivity index (χ1n) is 6.42. The summed E-state index contributed by atoms with van der Waals surface area (Å²) in [6.45, 7) is 4.85. The maximum Gasteiger partial charge on any atom is 0.120 e. The Labute approximate surface area is 118 Å². The summed E-state index contributed by atoms with van der Waals surface area (Å²) in [7, 11) is 0. The average Bonchev–Trinajstić information content (AvgIpc) is 2.37. The molecule has 0 radical (unpaired) electrons. The molecule has 0 aliphatic carbocycles. The lowest BCUT2D eigenvalue weighted by atomic mass is 10.1. The molecule has 0 aromatic heterocycles. The van der Waals surface area contributed by atoms with Gasteiger partial charge in [-0.3, -0.25) is 0 Å². The number of halogens is 1. The minimum Gasteiger partial charge on any atom is -0.492 e. The topological polar surface area (TPSA) is 41.5 Å². The van der Waals surface area contributed by atoms with Crippen LogP contribution in [-0.4, -0.2) is 31.4 Å². The molecule has 1 aromatic carbocycles. The van der Waals surface area contributed by atoms with Crippen molar-refractivity contribution in [2.75, 3.05) is 26.3 Å². The fourth-order valence-electron chi connectivity index (χ4n) is 1.59. The fraction of sp³-hybridized carbons (Fsp3) is 0.571. The molecule has 0 aliphatic rings. The van der Waals surface area contributed by atoms with E-state index in [9.17, 15) is 0 Å². The minimum atomic E-state index is 0.284. The Kier molecular flexibility index (Phi) is 8.05. The third-order valence-corrected chi connectivity index (χ3v) is 3.20. The van der Waals surface area contributed by atoms with Gasteiger partial charge in [0.25, 0.3) is 0 Å². The van der Waals surface area contributed by atoms with Crippen molar-refractivity contribution < 1.29 is 9.84 Å². The summed E-state index contributed by atoms with van der Waals surface area (Å²) in [5.41, 5.74) is 0. The number of rotatable bonds is 9. The lowest BCUT2D eigenvalue weighted by Gasteiger charge is -2.09. The lowest BCUT2D eigenvalue weighted by Crippen LogP contribution is -2.22. The van der Waals surface area contributed by atoms with Crippen LogP contribution in [0.1, 0.15) is 19.8 Å². The molecular weight excluding hydrogens is 294 g/mol. The van der Waals surface area contributed by atoms with Crippen molar-refractivity contribution in [1.29, 1.82) is 0 Å². The predicted molar refractivity (Wildman–Crippen MR) is 78.0 cm³/mol. The van der Waals surface area contributed by atoms with Gasteiger partial charge in [0, 0.05) is 17.6 Å². The molecule has 0 aliphatic heterocycles. The van der Waals surface area contributed by atoms with Gasteiger partial charge in [0.1, 0.15) is 12.4 Å². The van der Waals surface area contributed by atoms with Crippen molar-refractivity contribution in [3.63, 3.8) is 0 Å². The van der Waals surface area contributed by atoms with Gasteiger partial charge in [-0.25, -0.2) is 0 Å². The van der Waals surface area contributed by atoms with Crippen molar-refractivity contribution in [2.24, 2.45) is 5.92 Å². The summed E-state index contributed by atoms with van der Waals surface area (Å²) >= 11 is 3.41. The number of aliphatic hydroxyl groups is 1. The smallest absolute Gasteiger partial charge is 0.120 e. The van der Waals surface area contributed by atoms with Gasteiger partial charge < -0.3 is 15.2 Å². The number of hydrogen-bond donors (Lipinski definition) is 2. The molecule has 0 amide bonds. The highest BCUT2D eigenvalue weighted by atomic mass is 79.9. The van der Waals surface area contributed by atoms with E-state index in [4.69, 9.17) is 9.84 Å². The summed E-state index contributed by atoms with van der Waals surface area (Å²) < 4.78 is 6.64. The maximum absolute atomic E-state index is 8.88. The van der Waals surface area contributed by atoms with Crippen LogP contribution >= 0.6 is 15.9 Å². The molecule has 0 bridgehead atoms. The standard InChI is InChI=1S/C14H22BrNO2/c1-12(11-17)4-3-7-16-8-9-18-14-6-2-5-13(15)10-14/h2,5-6,10,12,16-17H,3-4,7-9,11H2,1H3. The molecule has 0 saturated carbocycles. The van der Waals surface area contributed by atoms with E-state index in [1.54, 1.807) is 0 Å². The largest absolute Gasteiger partial charge is 0.492 e. The molecule has 1 atom stereocenters. The van der Waals surface area contributed by atoms with Crippen LogP contribution in [0.15, 0.2) is 28.7 Å². The molecule has 1 rings (SSSR count). The van der Waals surface area contributed by atoms with Crippen LogP contribution in [0.25, 0.3) is 0 Å². The number of benzene rings is 1. The first-order valence-corrected chi connectivity index (χ1v) is 7.21. The summed E-state index contributed by atoms with van der Waals surface area (Å²) in [6, 6.07) is 7.85. The number of ether oxygens (including phenoxy) is 1. The van der Waals surface area contributed by atoms with Crippen molar-refractivity contribution in [1.82, 2.24) is 5.32 Å². The third kappa shape index (κ3) is 6.99. The molecule has 3 nitrogen and oxygen atoms in total. The second-order valence-corrected chi connectivity index (χ2v) is 5.40. The Balaban J connectivity index is 1.99. The molecule has 18 heavy (non-hydrogen) atoms. The minimum absolute atomic E-state index is 0.284. The van der Waals surface area contributed by atoms with Gasteiger partial charge in [-0.15, -0.1) is 0 Å². The Morgan fingerprint density at radius 1 is 1.39 bits per heavy atom. The quantitative estimate of drug-likeness (QED) is 0.688. The van der Waals surface area contributed by atoms with Crippen LogP contribution in [0.3, 0.4) is 0 Å². The van der Waals surface area contributed by atoms with Crippen LogP contribution in [0.5, 0.6) is 5.75 Å². The molecule has 0 spiro atoms. The molecule has 0 heterocycles. The Hall–Kier alpha value is -0.580. The summed E-state index contributed by atoms with van der Waals surface area (Å²) in [4.78, 5) is 0. The molecular formula is C14H22BrNO2. The van der Waals surface area contributed by atoms with E-state index < -0.39 is 0 Å². The molecule has 0 fully saturated rings. The molecule has 4 heteroatoms. The zero-order valence-corrected chi connectivity index (χ0v) is 12.4. The van der Waals surface area contributed by atoms with E-state index in [-0.39, 0.29) is 6.61 Å². The zero-order chi connectivity index (χ0) is 13.2. The Morgan fingerprint density at radius 2 is 2.22 bits per heavy atom. The van der Waals surface area contributed by atoms with E-state index in [0.29, 0.717) is 12.5 Å². The highest BCUT2D eigenvalue weighted by molar-refractivity contribution is 9.10. The summed E-state index contributed by atoms with van der Waals surface area (Å²) in [5, 5.41) is 12.2. The number of hydrogen-bond acceptors (Lipinski definition) is 3. The molecule has 1 unspecified atom stereocenters. The maximum atomic E-state index is 8.88. The van der Waals surface area contributed by atoms with Gasteiger partial charge >= 0.3 is 0 Å². The predicted octanol–water partition coefficient (Wildman–Crippen LogP) is 2.83. The van der Waals surface area contributed by atoms with Gasteiger partial charge in [0.2, 0.25) is 0 Å². The normalized spacial score (nSPS) is 12.4. The van der Waals surface area contributed by atoms with Crippen molar-refractivity contribution in [3.05, 3.63) is 28.7 Å². The summed E-state index contributed by atoms with van der Waals surface area (Å²) in [5.74, 6) is 1.30. The SMILES string of the molecule is CC(CO)CCCNCCOc1cccc(Br)c1. The third-order valence-electron chi connectivity index (χ3n) is 2.71. The van der Waals surface area contributed by atoms with E-state index >= 15 is 0 Å². The van der Waals surface area contributed by atoms with Crippen LogP contribution in [0.2, 0.25) is 0 Å². The van der Waals surface area contributed by atoms with E-state index in [1.165, 1.54) is 0 Å². The highest BCUT2D eigenvalue weighted by Crippen LogP contribution is 2.17. The second-order valence-electron chi connectivity index (χ2n) is 4.49.